The van der Waals surface area contributed by atoms with E-state index in [-0.39, 0.29) is 35.2 Å². The average molecular weight is 479 g/mol. The summed E-state index contributed by atoms with van der Waals surface area (Å²) >= 11 is 0. The van der Waals surface area contributed by atoms with Gasteiger partial charge < -0.3 is 9.64 Å². The van der Waals surface area contributed by atoms with E-state index in [0.29, 0.717) is 25.9 Å². The lowest BCUT2D eigenvalue weighted by atomic mass is 9.87. The summed E-state index contributed by atoms with van der Waals surface area (Å²) in [7, 11) is -3.61. The van der Waals surface area contributed by atoms with Gasteiger partial charge in [0.25, 0.3) is 5.91 Å². The fraction of sp³-hybridized carbons (Fsp3) is 0.680. The van der Waals surface area contributed by atoms with E-state index in [0.717, 1.165) is 31.2 Å². The molecule has 0 aliphatic carbocycles. The molecule has 1 aromatic carbocycles. The van der Waals surface area contributed by atoms with Crippen LogP contribution in [-0.4, -0.2) is 61.8 Å². The highest BCUT2D eigenvalue weighted by molar-refractivity contribution is 7.89. The lowest BCUT2D eigenvalue weighted by Crippen LogP contribution is -2.43. The van der Waals surface area contributed by atoms with Crippen molar-refractivity contribution < 1.29 is 22.7 Å². The van der Waals surface area contributed by atoms with Crippen LogP contribution in [0.4, 0.5) is 0 Å². The SMILES string of the molecule is CC(OC(=O)C1CCN(S(=O)(=O)c2ccc(C(C)(C)C)cc2)CC1)C(=O)N1CCCCCC1. The van der Waals surface area contributed by atoms with Crippen LogP contribution < -0.4 is 0 Å². The van der Waals surface area contributed by atoms with Crippen molar-refractivity contribution in [1.29, 1.82) is 0 Å². The smallest absolute Gasteiger partial charge is 0.309 e. The number of benzene rings is 1. The topological polar surface area (TPSA) is 84.0 Å². The molecule has 3 rings (SSSR count). The number of nitrogens with zero attached hydrogens (tertiary/aromatic N) is 2. The summed E-state index contributed by atoms with van der Waals surface area (Å²) in [5, 5.41) is 0. The van der Waals surface area contributed by atoms with E-state index in [9.17, 15) is 18.0 Å². The standard InChI is InChI=1S/C25H38N2O5S/c1-19(23(28)26-15-7-5-6-8-16-26)32-24(29)20-13-17-27(18-14-20)33(30,31)22-11-9-21(10-12-22)25(2,3)4/h9-12,19-20H,5-8,13-18H2,1-4H3. The molecular formula is C25H38N2O5S. The Kier molecular flexibility index (Phi) is 8.22. The van der Waals surface area contributed by atoms with Gasteiger partial charge >= 0.3 is 5.97 Å². The molecular weight excluding hydrogens is 440 g/mol. The summed E-state index contributed by atoms with van der Waals surface area (Å²) in [5.74, 6) is -0.930. The third-order valence-corrected chi connectivity index (χ3v) is 8.62. The molecule has 33 heavy (non-hydrogen) atoms. The van der Waals surface area contributed by atoms with Crippen molar-refractivity contribution in [3.05, 3.63) is 29.8 Å². The molecule has 2 aliphatic heterocycles. The van der Waals surface area contributed by atoms with Crippen molar-refractivity contribution in [3.8, 4) is 0 Å². The molecule has 2 aliphatic rings. The minimum atomic E-state index is -3.61. The van der Waals surface area contributed by atoms with Gasteiger partial charge in [-0.05, 0) is 55.7 Å². The van der Waals surface area contributed by atoms with Crippen molar-refractivity contribution in [2.75, 3.05) is 26.2 Å². The second-order valence-corrected chi connectivity index (χ2v) is 12.2. The fourth-order valence-corrected chi connectivity index (χ4v) is 5.95. The molecule has 2 heterocycles. The lowest BCUT2D eigenvalue weighted by molar-refractivity contribution is -0.163. The van der Waals surface area contributed by atoms with Crippen LogP contribution in [0, 0.1) is 5.92 Å². The summed E-state index contributed by atoms with van der Waals surface area (Å²) in [6.45, 7) is 9.84. The second-order valence-electron chi connectivity index (χ2n) is 10.3. The first-order valence-corrected chi connectivity index (χ1v) is 13.5. The van der Waals surface area contributed by atoms with Gasteiger partial charge in [0.2, 0.25) is 10.0 Å². The van der Waals surface area contributed by atoms with Gasteiger partial charge in [-0.3, -0.25) is 9.59 Å². The van der Waals surface area contributed by atoms with Gasteiger partial charge in [-0.2, -0.15) is 4.31 Å². The van der Waals surface area contributed by atoms with Crippen LogP contribution in [0.5, 0.6) is 0 Å². The monoisotopic (exact) mass is 478 g/mol. The number of hydrogen-bond donors (Lipinski definition) is 0. The molecule has 0 saturated carbocycles. The van der Waals surface area contributed by atoms with Gasteiger partial charge in [-0.1, -0.05) is 45.7 Å². The molecule has 2 saturated heterocycles. The van der Waals surface area contributed by atoms with Crippen molar-refractivity contribution in [2.45, 2.75) is 82.6 Å². The quantitative estimate of drug-likeness (QED) is 0.602. The Morgan fingerprint density at radius 1 is 0.939 bits per heavy atom. The van der Waals surface area contributed by atoms with Crippen LogP contribution in [0.1, 0.15) is 71.8 Å². The number of ether oxygens (including phenoxy) is 1. The van der Waals surface area contributed by atoms with Gasteiger partial charge in [0.1, 0.15) is 0 Å². The molecule has 1 aromatic rings. The highest BCUT2D eigenvalue weighted by Gasteiger charge is 2.34. The highest BCUT2D eigenvalue weighted by atomic mass is 32.2. The highest BCUT2D eigenvalue weighted by Crippen LogP contribution is 2.28. The van der Waals surface area contributed by atoms with Crippen LogP contribution in [0.15, 0.2) is 29.2 Å². The molecule has 1 atom stereocenters. The van der Waals surface area contributed by atoms with Gasteiger partial charge in [0.05, 0.1) is 10.8 Å². The zero-order chi connectivity index (χ0) is 24.2. The molecule has 8 heteroatoms. The molecule has 184 valence electrons. The number of rotatable bonds is 5. The fourth-order valence-electron chi connectivity index (χ4n) is 4.48. The number of piperidine rings is 1. The normalized spacial score (nSPS) is 20.2. The molecule has 1 unspecified atom stereocenters. The van der Waals surface area contributed by atoms with E-state index in [1.165, 1.54) is 4.31 Å². The van der Waals surface area contributed by atoms with E-state index in [1.54, 1.807) is 24.0 Å². The summed E-state index contributed by atoms with van der Waals surface area (Å²) in [6, 6.07) is 7.04. The second kappa shape index (κ2) is 10.6. The molecule has 1 amide bonds. The van der Waals surface area contributed by atoms with Crippen LogP contribution >= 0.6 is 0 Å². The molecule has 0 aromatic heterocycles. The Balaban J connectivity index is 1.54. The van der Waals surface area contributed by atoms with Crippen molar-refractivity contribution in [2.24, 2.45) is 5.92 Å². The molecule has 7 nitrogen and oxygen atoms in total. The van der Waals surface area contributed by atoms with E-state index in [4.69, 9.17) is 4.74 Å². The van der Waals surface area contributed by atoms with Crippen LogP contribution in [0.3, 0.4) is 0 Å². The zero-order valence-electron chi connectivity index (χ0n) is 20.4. The Morgan fingerprint density at radius 2 is 1.48 bits per heavy atom. The van der Waals surface area contributed by atoms with Crippen LogP contribution in [0.25, 0.3) is 0 Å². The van der Waals surface area contributed by atoms with Gasteiger partial charge in [0, 0.05) is 26.2 Å². The summed E-state index contributed by atoms with van der Waals surface area (Å²) in [4.78, 5) is 27.4. The lowest BCUT2D eigenvalue weighted by Gasteiger charge is -2.31. The number of carbonyl (C=O) groups excluding carboxylic acids is 2. The first kappa shape index (κ1) is 25.7. The average Bonchev–Trinajstić information content (AvgIpc) is 3.07. The summed E-state index contributed by atoms with van der Waals surface area (Å²) in [6.07, 6.45) is 4.20. The Bertz CT molecular complexity index is 921. The molecule has 0 bridgehead atoms. The maximum absolute atomic E-state index is 13.1. The number of carbonyl (C=O) groups is 2. The predicted octanol–water partition coefficient (Wildman–Crippen LogP) is 3.72. The first-order chi connectivity index (χ1) is 15.5. The number of hydrogen-bond acceptors (Lipinski definition) is 5. The third kappa shape index (κ3) is 6.35. The predicted molar refractivity (Wildman–Crippen MR) is 127 cm³/mol. The van der Waals surface area contributed by atoms with Crippen molar-refractivity contribution >= 4 is 21.9 Å². The van der Waals surface area contributed by atoms with Gasteiger partial charge in [0.15, 0.2) is 6.10 Å². The minimum Gasteiger partial charge on any atom is -0.452 e. The number of sulfonamides is 1. The largest absolute Gasteiger partial charge is 0.452 e. The molecule has 0 spiro atoms. The maximum atomic E-state index is 13.1. The zero-order valence-corrected chi connectivity index (χ0v) is 21.2. The Labute approximate surface area is 198 Å². The Hall–Kier alpha value is -1.93. The van der Waals surface area contributed by atoms with E-state index in [2.05, 4.69) is 20.8 Å². The van der Waals surface area contributed by atoms with Crippen molar-refractivity contribution in [3.63, 3.8) is 0 Å². The molecule has 0 N–H and O–H groups in total. The summed E-state index contributed by atoms with van der Waals surface area (Å²) in [5.41, 5.74) is 1.03. The number of likely N-dealkylation sites (tertiary alicyclic amines) is 1. The minimum absolute atomic E-state index is 0.0489. The first-order valence-electron chi connectivity index (χ1n) is 12.1. The van der Waals surface area contributed by atoms with Gasteiger partial charge in [-0.25, -0.2) is 8.42 Å². The maximum Gasteiger partial charge on any atom is 0.309 e. The molecule has 2 fully saturated rings. The van der Waals surface area contributed by atoms with E-state index in [1.807, 2.05) is 12.1 Å². The molecule has 0 radical (unpaired) electrons. The Morgan fingerprint density at radius 3 is 2.00 bits per heavy atom. The van der Waals surface area contributed by atoms with Crippen molar-refractivity contribution in [1.82, 2.24) is 9.21 Å². The van der Waals surface area contributed by atoms with Crippen LogP contribution in [0.2, 0.25) is 0 Å². The summed E-state index contributed by atoms with van der Waals surface area (Å²) < 4.78 is 33.0. The van der Waals surface area contributed by atoms with E-state index >= 15 is 0 Å². The van der Waals surface area contributed by atoms with Gasteiger partial charge in [-0.15, -0.1) is 0 Å². The number of amides is 1. The third-order valence-electron chi connectivity index (χ3n) is 6.70. The van der Waals surface area contributed by atoms with Crippen LogP contribution in [-0.2, 0) is 29.8 Å². The van der Waals surface area contributed by atoms with E-state index < -0.39 is 22.1 Å². The number of esters is 1.